The SMILES string of the molecule is CCCc1[nH]n(-c2cccc(Cl)c2)c(=O)c1N. The van der Waals surface area contributed by atoms with E-state index >= 15 is 0 Å². The minimum atomic E-state index is -0.226. The van der Waals surface area contributed by atoms with Crippen LogP contribution >= 0.6 is 11.6 Å². The quantitative estimate of drug-likeness (QED) is 0.880. The number of nitrogens with zero attached hydrogens (tertiary/aromatic N) is 1. The van der Waals surface area contributed by atoms with Gasteiger partial charge >= 0.3 is 0 Å². The van der Waals surface area contributed by atoms with Crippen molar-refractivity contribution in [3.63, 3.8) is 0 Å². The maximum absolute atomic E-state index is 11.9. The Morgan fingerprint density at radius 2 is 2.24 bits per heavy atom. The highest BCUT2D eigenvalue weighted by atomic mass is 35.5. The second kappa shape index (κ2) is 4.67. The van der Waals surface area contributed by atoms with Gasteiger partial charge in [0, 0.05) is 5.02 Å². The molecule has 0 aliphatic carbocycles. The van der Waals surface area contributed by atoms with E-state index in [1.54, 1.807) is 24.3 Å². The molecule has 0 radical (unpaired) electrons. The smallest absolute Gasteiger partial charge is 0.294 e. The van der Waals surface area contributed by atoms with Crippen LogP contribution in [0.5, 0.6) is 0 Å². The van der Waals surface area contributed by atoms with E-state index < -0.39 is 0 Å². The average Bonchev–Trinajstić information content (AvgIpc) is 2.58. The van der Waals surface area contributed by atoms with E-state index in [2.05, 4.69) is 5.10 Å². The largest absolute Gasteiger partial charge is 0.393 e. The molecule has 0 bridgehead atoms. The van der Waals surface area contributed by atoms with Crippen LogP contribution < -0.4 is 11.3 Å². The third-order valence-electron chi connectivity index (χ3n) is 2.57. The van der Waals surface area contributed by atoms with E-state index in [1.807, 2.05) is 6.92 Å². The van der Waals surface area contributed by atoms with Crippen LogP contribution in [-0.2, 0) is 6.42 Å². The van der Waals surface area contributed by atoms with Gasteiger partial charge < -0.3 is 5.73 Å². The normalized spacial score (nSPS) is 10.7. The van der Waals surface area contributed by atoms with E-state index in [0.29, 0.717) is 10.7 Å². The van der Waals surface area contributed by atoms with Crippen LogP contribution in [0.4, 0.5) is 5.69 Å². The Kier molecular flexibility index (Phi) is 3.24. The summed E-state index contributed by atoms with van der Waals surface area (Å²) in [5.41, 5.74) is 7.29. The summed E-state index contributed by atoms with van der Waals surface area (Å²) in [5.74, 6) is 0. The van der Waals surface area contributed by atoms with Crippen molar-refractivity contribution in [2.75, 3.05) is 5.73 Å². The van der Waals surface area contributed by atoms with Crippen molar-refractivity contribution >= 4 is 17.3 Å². The standard InChI is InChI=1S/C12H14ClN3O/c1-2-4-10-11(14)12(17)16(15-10)9-6-3-5-8(13)7-9/h3,5-7,15H,2,4,14H2,1H3. The summed E-state index contributed by atoms with van der Waals surface area (Å²) in [4.78, 5) is 11.9. The molecule has 0 fully saturated rings. The lowest BCUT2D eigenvalue weighted by Gasteiger charge is -2.01. The molecule has 2 aromatic rings. The number of hydrogen-bond donors (Lipinski definition) is 2. The number of aromatic amines is 1. The number of rotatable bonds is 3. The van der Waals surface area contributed by atoms with Gasteiger partial charge in [0.2, 0.25) is 0 Å². The maximum atomic E-state index is 11.9. The molecule has 0 saturated carbocycles. The Balaban J connectivity index is 2.53. The van der Waals surface area contributed by atoms with Gasteiger partial charge in [-0.25, -0.2) is 4.68 Å². The van der Waals surface area contributed by atoms with E-state index in [-0.39, 0.29) is 11.2 Å². The lowest BCUT2D eigenvalue weighted by atomic mass is 10.2. The van der Waals surface area contributed by atoms with Gasteiger partial charge in [-0.3, -0.25) is 9.89 Å². The molecule has 5 heteroatoms. The summed E-state index contributed by atoms with van der Waals surface area (Å²) in [7, 11) is 0. The minimum absolute atomic E-state index is 0.226. The molecule has 1 aromatic carbocycles. The Bertz CT molecular complexity index is 586. The van der Waals surface area contributed by atoms with Crippen molar-refractivity contribution in [2.45, 2.75) is 19.8 Å². The number of H-pyrrole nitrogens is 1. The van der Waals surface area contributed by atoms with Crippen molar-refractivity contribution in [2.24, 2.45) is 0 Å². The minimum Gasteiger partial charge on any atom is -0.393 e. The van der Waals surface area contributed by atoms with Crippen LogP contribution in [-0.4, -0.2) is 9.78 Å². The third kappa shape index (κ3) is 2.22. The Morgan fingerprint density at radius 3 is 2.88 bits per heavy atom. The van der Waals surface area contributed by atoms with E-state index in [0.717, 1.165) is 18.5 Å². The number of benzene rings is 1. The molecular formula is C12H14ClN3O. The van der Waals surface area contributed by atoms with Gasteiger partial charge in [-0.05, 0) is 24.6 Å². The van der Waals surface area contributed by atoms with Gasteiger partial charge in [0.1, 0.15) is 5.69 Å². The van der Waals surface area contributed by atoms with Gasteiger partial charge in [-0.2, -0.15) is 0 Å². The maximum Gasteiger partial charge on any atom is 0.294 e. The van der Waals surface area contributed by atoms with Crippen LogP contribution in [0.2, 0.25) is 5.02 Å². The molecule has 3 N–H and O–H groups in total. The first-order chi connectivity index (χ1) is 8.13. The number of nitrogens with two attached hydrogens (primary N) is 1. The Labute approximate surface area is 104 Å². The predicted octanol–water partition coefficient (Wildman–Crippen LogP) is 2.35. The first-order valence-corrected chi connectivity index (χ1v) is 5.86. The van der Waals surface area contributed by atoms with Crippen LogP contribution in [0.15, 0.2) is 29.1 Å². The van der Waals surface area contributed by atoms with Crippen molar-refractivity contribution in [1.82, 2.24) is 9.78 Å². The van der Waals surface area contributed by atoms with Crippen molar-refractivity contribution in [3.05, 3.63) is 45.3 Å². The molecule has 1 aromatic heterocycles. The molecule has 0 atom stereocenters. The number of halogens is 1. The van der Waals surface area contributed by atoms with Crippen LogP contribution in [0.25, 0.3) is 5.69 Å². The molecule has 0 saturated heterocycles. The topological polar surface area (TPSA) is 63.8 Å². The van der Waals surface area contributed by atoms with Crippen LogP contribution in [0.3, 0.4) is 0 Å². The molecule has 0 aliphatic heterocycles. The highest BCUT2D eigenvalue weighted by Crippen LogP contribution is 2.15. The predicted molar refractivity (Wildman–Crippen MR) is 69.8 cm³/mol. The first kappa shape index (κ1) is 11.8. The van der Waals surface area contributed by atoms with Crippen molar-refractivity contribution < 1.29 is 0 Å². The van der Waals surface area contributed by atoms with Gasteiger partial charge in [0.15, 0.2) is 0 Å². The summed E-state index contributed by atoms with van der Waals surface area (Å²) in [5, 5.41) is 3.60. The first-order valence-electron chi connectivity index (χ1n) is 5.48. The highest BCUT2D eigenvalue weighted by molar-refractivity contribution is 6.30. The number of nitrogens with one attached hydrogen (secondary N) is 1. The van der Waals surface area contributed by atoms with Gasteiger partial charge in [-0.1, -0.05) is 31.0 Å². The van der Waals surface area contributed by atoms with Crippen molar-refractivity contribution in [1.29, 1.82) is 0 Å². The zero-order chi connectivity index (χ0) is 12.4. The molecular weight excluding hydrogens is 238 g/mol. The van der Waals surface area contributed by atoms with Crippen molar-refractivity contribution in [3.8, 4) is 5.69 Å². The molecule has 0 spiro atoms. The molecule has 2 rings (SSSR count). The summed E-state index contributed by atoms with van der Waals surface area (Å²) >= 11 is 5.89. The molecule has 4 nitrogen and oxygen atoms in total. The van der Waals surface area contributed by atoms with E-state index in [1.165, 1.54) is 4.68 Å². The molecule has 17 heavy (non-hydrogen) atoms. The zero-order valence-electron chi connectivity index (χ0n) is 9.53. The summed E-state index contributed by atoms with van der Waals surface area (Å²) in [6, 6.07) is 7.07. The fourth-order valence-electron chi connectivity index (χ4n) is 1.73. The number of hydrogen-bond acceptors (Lipinski definition) is 2. The second-order valence-electron chi connectivity index (χ2n) is 3.87. The summed E-state index contributed by atoms with van der Waals surface area (Å²) < 4.78 is 1.42. The lowest BCUT2D eigenvalue weighted by Crippen LogP contribution is -2.16. The number of nitrogen functional groups attached to an aromatic ring is 1. The molecule has 0 aliphatic rings. The number of anilines is 1. The molecule has 1 heterocycles. The monoisotopic (exact) mass is 251 g/mol. The summed E-state index contributed by atoms with van der Waals surface area (Å²) in [6.07, 6.45) is 1.69. The third-order valence-corrected chi connectivity index (χ3v) is 2.81. The molecule has 0 unspecified atom stereocenters. The fourth-order valence-corrected chi connectivity index (χ4v) is 1.92. The average molecular weight is 252 g/mol. The van der Waals surface area contributed by atoms with Gasteiger partial charge in [0.25, 0.3) is 5.56 Å². The van der Waals surface area contributed by atoms with Crippen LogP contribution in [0.1, 0.15) is 19.0 Å². The second-order valence-corrected chi connectivity index (χ2v) is 4.31. The number of aromatic nitrogens is 2. The highest BCUT2D eigenvalue weighted by Gasteiger charge is 2.11. The van der Waals surface area contributed by atoms with Gasteiger partial charge in [0.05, 0.1) is 11.4 Å². The van der Waals surface area contributed by atoms with Crippen LogP contribution in [0, 0.1) is 0 Å². The number of aryl methyl sites for hydroxylation is 1. The molecule has 0 amide bonds. The van der Waals surface area contributed by atoms with Gasteiger partial charge in [-0.15, -0.1) is 0 Å². The molecule has 90 valence electrons. The fraction of sp³-hybridized carbons (Fsp3) is 0.250. The van der Waals surface area contributed by atoms with E-state index in [4.69, 9.17) is 17.3 Å². The summed E-state index contributed by atoms with van der Waals surface area (Å²) in [6.45, 7) is 2.04. The zero-order valence-corrected chi connectivity index (χ0v) is 10.3. The Hall–Kier alpha value is -1.68. The lowest BCUT2D eigenvalue weighted by molar-refractivity contribution is 0.794. The van der Waals surface area contributed by atoms with E-state index in [9.17, 15) is 4.79 Å². The Morgan fingerprint density at radius 1 is 1.47 bits per heavy atom.